The number of benzene rings is 3. The Morgan fingerprint density at radius 1 is 1.06 bits per heavy atom. The molecule has 0 atom stereocenters. The van der Waals surface area contributed by atoms with Crippen molar-refractivity contribution in [3.8, 4) is 17.5 Å². The first-order valence-corrected chi connectivity index (χ1v) is 11.3. The van der Waals surface area contributed by atoms with Crippen LogP contribution in [-0.2, 0) is 13.2 Å². The average Bonchev–Trinajstić information content (AvgIpc) is 3.46. The smallest absolute Gasteiger partial charge is 0.162 e. The molecule has 0 spiro atoms. The van der Waals surface area contributed by atoms with E-state index in [2.05, 4.69) is 33.1 Å². The van der Waals surface area contributed by atoms with Gasteiger partial charge in [-0.3, -0.25) is 4.79 Å². The highest BCUT2D eigenvalue weighted by atomic mass is 16.5. The maximum atomic E-state index is 12.5. The van der Waals surface area contributed by atoms with Gasteiger partial charge >= 0.3 is 0 Å². The summed E-state index contributed by atoms with van der Waals surface area (Å²) in [6.07, 6.45) is 1.79. The molecule has 0 saturated heterocycles. The minimum atomic E-state index is 0.0295. The number of hydrogen-bond donors (Lipinski definition) is 0. The van der Waals surface area contributed by atoms with Gasteiger partial charge in [-0.25, -0.2) is 4.68 Å². The van der Waals surface area contributed by atoms with Crippen LogP contribution >= 0.6 is 0 Å². The first kappa shape index (κ1) is 22.1. The molecule has 0 bridgehead atoms. The highest BCUT2D eigenvalue weighted by molar-refractivity contribution is 6.08. The van der Waals surface area contributed by atoms with Gasteiger partial charge in [0.2, 0.25) is 0 Å². The number of rotatable bonds is 7. The fraction of sp³-hybridized carbons (Fsp3) is 0.143. The van der Waals surface area contributed by atoms with Gasteiger partial charge in [-0.15, -0.1) is 5.10 Å². The molecule has 2 heterocycles. The monoisotopic (exact) mass is 461 g/mol. The lowest BCUT2D eigenvalue weighted by Gasteiger charge is -2.09. The Morgan fingerprint density at radius 2 is 1.83 bits per heavy atom. The van der Waals surface area contributed by atoms with Gasteiger partial charge in [0.25, 0.3) is 0 Å². The lowest BCUT2D eigenvalue weighted by molar-refractivity contribution is 0.101. The van der Waals surface area contributed by atoms with Crippen molar-refractivity contribution >= 4 is 16.7 Å². The molecule has 0 aliphatic rings. The van der Waals surface area contributed by atoms with Gasteiger partial charge in [0.15, 0.2) is 5.78 Å². The van der Waals surface area contributed by atoms with Crippen LogP contribution in [0.5, 0.6) is 5.75 Å². The Hall–Kier alpha value is -4.70. The Morgan fingerprint density at radius 3 is 2.54 bits per heavy atom. The van der Waals surface area contributed by atoms with Crippen LogP contribution in [-0.4, -0.2) is 25.3 Å². The summed E-state index contributed by atoms with van der Waals surface area (Å²) >= 11 is 0. The molecule has 0 N–H and O–H groups in total. The highest BCUT2D eigenvalue weighted by Crippen LogP contribution is 2.31. The number of aromatic nitrogens is 4. The molecule has 3 aromatic carbocycles. The molecule has 5 aromatic rings. The topological polar surface area (TPSA) is 85.7 Å². The first-order chi connectivity index (χ1) is 17.0. The van der Waals surface area contributed by atoms with Crippen molar-refractivity contribution in [1.82, 2.24) is 19.6 Å². The summed E-state index contributed by atoms with van der Waals surface area (Å²) in [6, 6.07) is 25.3. The lowest BCUT2D eigenvalue weighted by atomic mass is 10.1. The number of carbonyl (C=O) groups is 1. The van der Waals surface area contributed by atoms with E-state index in [9.17, 15) is 4.79 Å². The quantitative estimate of drug-likeness (QED) is 0.310. The number of carbonyl (C=O) groups excluding carboxylic acids is 1. The molecule has 0 aliphatic carbocycles. The van der Waals surface area contributed by atoms with Crippen LogP contribution in [0.3, 0.4) is 0 Å². The Bertz CT molecular complexity index is 1560. The summed E-state index contributed by atoms with van der Waals surface area (Å²) in [7, 11) is 0. The Labute approximate surface area is 202 Å². The van der Waals surface area contributed by atoms with Crippen LogP contribution in [0, 0.1) is 18.3 Å². The SMILES string of the molecule is CC(=O)c1c(C)n(Cc2ccccc2)c2ccc(OCc3cn(-c4ccc(C#N)cc4)nn3)cc12. The molecule has 7 heteroatoms. The van der Waals surface area contributed by atoms with Crippen molar-refractivity contribution < 1.29 is 9.53 Å². The molecule has 172 valence electrons. The molecule has 7 nitrogen and oxygen atoms in total. The van der Waals surface area contributed by atoms with Crippen molar-refractivity contribution in [3.63, 3.8) is 0 Å². The highest BCUT2D eigenvalue weighted by Gasteiger charge is 2.18. The van der Waals surface area contributed by atoms with E-state index in [0.29, 0.717) is 29.1 Å². The van der Waals surface area contributed by atoms with Crippen molar-refractivity contribution in [2.45, 2.75) is 27.0 Å². The minimum absolute atomic E-state index is 0.0295. The maximum Gasteiger partial charge on any atom is 0.162 e. The molecule has 35 heavy (non-hydrogen) atoms. The molecule has 0 fully saturated rings. The van der Waals surface area contributed by atoms with E-state index in [1.807, 2.05) is 55.5 Å². The molecular weight excluding hydrogens is 438 g/mol. The third-order valence-corrected chi connectivity index (χ3v) is 6.02. The van der Waals surface area contributed by atoms with E-state index in [-0.39, 0.29) is 12.4 Å². The van der Waals surface area contributed by atoms with Gasteiger partial charge in [-0.2, -0.15) is 5.26 Å². The number of fused-ring (bicyclic) bond motifs is 1. The van der Waals surface area contributed by atoms with Crippen molar-refractivity contribution in [2.24, 2.45) is 0 Å². The normalized spacial score (nSPS) is 10.9. The molecule has 2 aromatic heterocycles. The summed E-state index contributed by atoms with van der Waals surface area (Å²) < 4.78 is 9.83. The van der Waals surface area contributed by atoms with Crippen molar-refractivity contribution in [2.75, 3.05) is 0 Å². The first-order valence-electron chi connectivity index (χ1n) is 11.3. The molecule has 5 rings (SSSR count). The number of ketones is 1. The fourth-order valence-corrected chi connectivity index (χ4v) is 4.30. The van der Waals surface area contributed by atoms with Crippen LogP contribution in [0.15, 0.2) is 79.0 Å². The third kappa shape index (κ3) is 4.42. The summed E-state index contributed by atoms with van der Waals surface area (Å²) in [5.74, 6) is 0.687. The number of hydrogen-bond acceptors (Lipinski definition) is 5. The number of nitriles is 1. The second-order valence-corrected chi connectivity index (χ2v) is 8.37. The van der Waals surface area contributed by atoms with Gasteiger partial charge < -0.3 is 9.30 Å². The summed E-state index contributed by atoms with van der Waals surface area (Å²) in [5, 5.41) is 18.2. The van der Waals surface area contributed by atoms with Crippen LogP contribution in [0.4, 0.5) is 0 Å². The summed E-state index contributed by atoms with van der Waals surface area (Å²) in [5.41, 5.74) is 5.89. The van der Waals surface area contributed by atoms with Gasteiger partial charge in [0.1, 0.15) is 18.1 Å². The summed E-state index contributed by atoms with van der Waals surface area (Å²) in [6.45, 7) is 4.52. The molecular formula is C28H23N5O2. The largest absolute Gasteiger partial charge is 0.487 e. The van der Waals surface area contributed by atoms with Gasteiger partial charge in [0.05, 0.1) is 23.5 Å². The van der Waals surface area contributed by atoms with Crippen LogP contribution in [0.2, 0.25) is 0 Å². The zero-order valence-electron chi connectivity index (χ0n) is 19.5. The maximum absolute atomic E-state index is 12.5. The van der Waals surface area contributed by atoms with Crippen LogP contribution in [0.1, 0.15) is 39.8 Å². The van der Waals surface area contributed by atoms with E-state index >= 15 is 0 Å². The average molecular weight is 462 g/mol. The minimum Gasteiger partial charge on any atom is -0.487 e. The van der Waals surface area contributed by atoms with Crippen LogP contribution < -0.4 is 4.74 Å². The van der Waals surface area contributed by atoms with E-state index in [0.717, 1.165) is 22.3 Å². The van der Waals surface area contributed by atoms with Gasteiger partial charge in [0, 0.05) is 28.7 Å². The molecule has 0 unspecified atom stereocenters. The van der Waals surface area contributed by atoms with Gasteiger partial charge in [-0.1, -0.05) is 35.5 Å². The molecule has 0 amide bonds. The fourth-order valence-electron chi connectivity index (χ4n) is 4.30. The zero-order valence-corrected chi connectivity index (χ0v) is 19.5. The Balaban J connectivity index is 1.39. The predicted molar refractivity (Wildman–Crippen MR) is 133 cm³/mol. The molecule has 0 saturated carbocycles. The Kier molecular flexibility index (Phi) is 5.86. The van der Waals surface area contributed by atoms with E-state index in [4.69, 9.17) is 10.00 Å². The van der Waals surface area contributed by atoms with E-state index in [1.54, 1.807) is 29.9 Å². The second-order valence-electron chi connectivity index (χ2n) is 8.37. The summed E-state index contributed by atoms with van der Waals surface area (Å²) in [4.78, 5) is 12.5. The number of ether oxygens (including phenoxy) is 1. The van der Waals surface area contributed by atoms with Gasteiger partial charge in [-0.05, 0) is 61.9 Å². The molecule has 0 aliphatic heterocycles. The second kappa shape index (κ2) is 9.27. The number of Topliss-reactive ketones (excluding diaryl/α,β-unsaturated/α-hetero) is 1. The van der Waals surface area contributed by atoms with Crippen molar-refractivity contribution in [3.05, 3.63) is 107 Å². The third-order valence-electron chi connectivity index (χ3n) is 6.02. The standard InChI is InChI=1S/C28H23N5O2/c1-19-28(20(2)34)26-14-25(12-13-27(26)32(19)16-22-6-4-3-5-7-22)35-18-23-17-33(31-30-23)24-10-8-21(15-29)9-11-24/h3-14,17H,16,18H2,1-2H3. The number of nitrogens with zero attached hydrogens (tertiary/aromatic N) is 5. The lowest BCUT2D eigenvalue weighted by Crippen LogP contribution is -2.03. The van der Waals surface area contributed by atoms with E-state index in [1.165, 1.54) is 5.56 Å². The van der Waals surface area contributed by atoms with Crippen LogP contribution in [0.25, 0.3) is 16.6 Å². The predicted octanol–water partition coefficient (Wildman–Crippen LogP) is 5.23. The zero-order chi connectivity index (χ0) is 24.4. The van der Waals surface area contributed by atoms with E-state index < -0.39 is 0 Å². The van der Waals surface area contributed by atoms with Crippen molar-refractivity contribution in [1.29, 1.82) is 5.26 Å². The molecule has 0 radical (unpaired) electrons.